The molecule has 1 spiro atoms. The molecule has 1 heterocycles. The largest absolute Gasteiger partial charge is 0.351 e. The highest BCUT2D eigenvalue weighted by atomic mass is 35.5. The number of benzene rings is 1. The Morgan fingerprint density at radius 2 is 1.89 bits per heavy atom. The fourth-order valence-corrected chi connectivity index (χ4v) is 3.64. The molecular formula is C14H14Cl2N2S. The summed E-state index contributed by atoms with van der Waals surface area (Å²) in [6, 6.07) is 5.44. The summed E-state index contributed by atoms with van der Waals surface area (Å²) in [6.45, 7) is 0. The zero-order valence-corrected chi connectivity index (χ0v) is 12.7. The van der Waals surface area contributed by atoms with Crippen molar-refractivity contribution >= 4 is 46.1 Å². The van der Waals surface area contributed by atoms with Crippen LogP contribution < -0.4 is 5.32 Å². The fraction of sp³-hybridized carbons (Fsp3) is 0.429. The highest BCUT2D eigenvalue weighted by molar-refractivity contribution is 7.82. The number of nitrogens with zero attached hydrogens (tertiary/aromatic N) is 1. The molecule has 3 rings (SSSR count). The minimum atomic E-state index is -0.187. The number of halogens is 2. The molecule has 1 aliphatic carbocycles. The van der Waals surface area contributed by atoms with Gasteiger partial charge in [0.2, 0.25) is 0 Å². The zero-order valence-electron chi connectivity index (χ0n) is 10.4. The van der Waals surface area contributed by atoms with Crippen LogP contribution in [0.3, 0.4) is 0 Å². The van der Waals surface area contributed by atoms with Crippen LogP contribution in [0, 0.1) is 0 Å². The molecule has 1 N–H and O–H groups in total. The predicted octanol–water partition coefficient (Wildman–Crippen LogP) is 4.37. The van der Waals surface area contributed by atoms with Crippen molar-refractivity contribution in [3.8, 4) is 0 Å². The Labute approximate surface area is 128 Å². The van der Waals surface area contributed by atoms with E-state index in [1.807, 2.05) is 12.1 Å². The second kappa shape index (κ2) is 5.04. The summed E-state index contributed by atoms with van der Waals surface area (Å²) in [5.41, 5.74) is 1.48. The van der Waals surface area contributed by atoms with Crippen molar-refractivity contribution in [2.45, 2.75) is 37.8 Å². The Morgan fingerprint density at radius 1 is 1.16 bits per heavy atom. The van der Waals surface area contributed by atoms with Crippen molar-refractivity contribution in [3.05, 3.63) is 33.8 Å². The van der Waals surface area contributed by atoms with Crippen LogP contribution in [0.1, 0.15) is 37.7 Å². The SMILES string of the molecule is S=C1NC2(CCCCC2)N=C1c1ccc(Cl)cc1Cl. The van der Waals surface area contributed by atoms with Gasteiger partial charge >= 0.3 is 0 Å². The van der Waals surface area contributed by atoms with Crippen molar-refractivity contribution in [1.82, 2.24) is 5.32 Å². The molecule has 0 atom stereocenters. The molecule has 0 bridgehead atoms. The van der Waals surface area contributed by atoms with Crippen LogP contribution in [0.2, 0.25) is 10.0 Å². The van der Waals surface area contributed by atoms with Gasteiger partial charge in [0.15, 0.2) is 0 Å². The van der Waals surface area contributed by atoms with E-state index in [4.69, 9.17) is 40.4 Å². The average molecular weight is 313 g/mol. The summed E-state index contributed by atoms with van der Waals surface area (Å²) < 4.78 is 0. The summed E-state index contributed by atoms with van der Waals surface area (Å²) in [6.07, 6.45) is 5.76. The first kappa shape index (κ1) is 13.3. The molecule has 1 saturated carbocycles. The first-order valence-corrected chi connectivity index (χ1v) is 7.64. The van der Waals surface area contributed by atoms with E-state index < -0.39 is 0 Å². The number of thiocarbonyl (C=S) groups is 1. The molecule has 0 unspecified atom stereocenters. The van der Waals surface area contributed by atoms with Crippen LogP contribution in [-0.4, -0.2) is 16.4 Å². The molecule has 0 aromatic heterocycles. The van der Waals surface area contributed by atoms with Crippen LogP contribution in [0.5, 0.6) is 0 Å². The van der Waals surface area contributed by atoms with Gasteiger partial charge in [-0.25, -0.2) is 0 Å². The maximum atomic E-state index is 6.25. The highest BCUT2D eigenvalue weighted by Crippen LogP contribution is 2.34. The second-order valence-corrected chi connectivity index (χ2v) is 6.38. The molecule has 0 saturated heterocycles. The number of nitrogens with one attached hydrogen (secondary N) is 1. The van der Waals surface area contributed by atoms with Crippen molar-refractivity contribution in [3.63, 3.8) is 0 Å². The first-order valence-electron chi connectivity index (χ1n) is 6.47. The minimum Gasteiger partial charge on any atom is -0.351 e. The quantitative estimate of drug-likeness (QED) is 0.778. The molecule has 1 aromatic carbocycles. The molecule has 100 valence electrons. The van der Waals surface area contributed by atoms with Crippen LogP contribution in [0.25, 0.3) is 0 Å². The van der Waals surface area contributed by atoms with E-state index in [1.54, 1.807) is 6.07 Å². The monoisotopic (exact) mass is 312 g/mol. The van der Waals surface area contributed by atoms with E-state index in [-0.39, 0.29) is 5.66 Å². The summed E-state index contributed by atoms with van der Waals surface area (Å²) >= 11 is 17.6. The van der Waals surface area contributed by atoms with Crippen molar-refractivity contribution in [2.24, 2.45) is 4.99 Å². The molecule has 0 radical (unpaired) electrons. The molecule has 1 fully saturated rings. The van der Waals surface area contributed by atoms with E-state index in [0.717, 1.165) is 24.1 Å². The van der Waals surface area contributed by atoms with Gasteiger partial charge in [-0.05, 0) is 43.9 Å². The molecular weight excluding hydrogens is 299 g/mol. The van der Waals surface area contributed by atoms with Gasteiger partial charge < -0.3 is 5.32 Å². The van der Waals surface area contributed by atoms with Gasteiger partial charge in [0, 0.05) is 10.6 Å². The third-order valence-electron chi connectivity index (χ3n) is 3.75. The lowest BCUT2D eigenvalue weighted by Crippen LogP contribution is -2.43. The number of hydrogen-bond acceptors (Lipinski definition) is 2. The lowest BCUT2D eigenvalue weighted by molar-refractivity contribution is 0.286. The number of rotatable bonds is 1. The maximum Gasteiger partial charge on any atom is 0.131 e. The van der Waals surface area contributed by atoms with E-state index in [2.05, 4.69) is 5.32 Å². The van der Waals surface area contributed by atoms with E-state index in [9.17, 15) is 0 Å². The fourth-order valence-electron chi connectivity index (χ4n) is 2.80. The van der Waals surface area contributed by atoms with Gasteiger partial charge in [-0.15, -0.1) is 0 Å². The standard InChI is InChI=1S/C14H14Cl2N2S/c15-9-4-5-10(11(16)8-9)12-13(19)18-14(17-12)6-2-1-3-7-14/h4-5,8H,1-3,6-7H2,(H,18,19). The van der Waals surface area contributed by atoms with Gasteiger partial charge in [0.1, 0.15) is 16.4 Å². The molecule has 19 heavy (non-hydrogen) atoms. The molecule has 1 aromatic rings. The number of hydrogen-bond donors (Lipinski definition) is 1. The summed E-state index contributed by atoms with van der Waals surface area (Å²) in [5.74, 6) is 0. The second-order valence-electron chi connectivity index (χ2n) is 5.13. The van der Waals surface area contributed by atoms with Gasteiger partial charge in [0.25, 0.3) is 0 Å². The minimum absolute atomic E-state index is 0.187. The first-order chi connectivity index (χ1) is 9.10. The molecule has 2 aliphatic rings. The Balaban J connectivity index is 1.99. The highest BCUT2D eigenvalue weighted by Gasteiger charge is 2.38. The number of aliphatic imine (C=N–C) groups is 1. The van der Waals surface area contributed by atoms with Gasteiger partial charge in [-0.1, -0.05) is 41.8 Å². The Hall–Kier alpha value is -0.640. The van der Waals surface area contributed by atoms with E-state index in [1.165, 1.54) is 19.3 Å². The van der Waals surface area contributed by atoms with Crippen LogP contribution >= 0.6 is 35.4 Å². The Bertz CT molecular complexity index is 563. The Kier molecular flexibility index (Phi) is 3.54. The maximum absolute atomic E-state index is 6.25. The lowest BCUT2D eigenvalue weighted by Gasteiger charge is -2.30. The molecule has 1 aliphatic heterocycles. The average Bonchev–Trinajstić information content (AvgIpc) is 2.67. The smallest absolute Gasteiger partial charge is 0.131 e. The van der Waals surface area contributed by atoms with E-state index >= 15 is 0 Å². The summed E-state index contributed by atoms with van der Waals surface area (Å²) in [7, 11) is 0. The van der Waals surface area contributed by atoms with Crippen molar-refractivity contribution in [1.29, 1.82) is 0 Å². The topological polar surface area (TPSA) is 24.4 Å². The van der Waals surface area contributed by atoms with Gasteiger partial charge in [-0.2, -0.15) is 0 Å². The predicted molar refractivity (Wildman–Crippen MR) is 84.5 cm³/mol. The lowest BCUT2D eigenvalue weighted by atomic mass is 9.90. The third kappa shape index (κ3) is 2.51. The molecule has 5 heteroatoms. The normalized spacial score (nSPS) is 21.4. The van der Waals surface area contributed by atoms with Crippen LogP contribution in [-0.2, 0) is 0 Å². The van der Waals surface area contributed by atoms with E-state index in [0.29, 0.717) is 15.0 Å². The van der Waals surface area contributed by atoms with Gasteiger partial charge in [-0.3, -0.25) is 4.99 Å². The van der Waals surface area contributed by atoms with Gasteiger partial charge in [0.05, 0.1) is 5.02 Å². The summed E-state index contributed by atoms with van der Waals surface area (Å²) in [5, 5.41) is 4.62. The summed E-state index contributed by atoms with van der Waals surface area (Å²) in [4.78, 5) is 5.56. The Morgan fingerprint density at radius 3 is 2.58 bits per heavy atom. The third-order valence-corrected chi connectivity index (χ3v) is 4.60. The van der Waals surface area contributed by atoms with Crippen LogP contribution in [0.4, 0.5) is 0 Å². The van der Waals surface area contributed by atoms with Crippen LogP contribution in [0.15, 0.2) is 23.2 Å². The van der Waals surface area contributed by atoms with Crippen molar-refractivity contribution < 1.29 is 0 Å². The van der Waals surface area contributed by atoms with Crippen molar-refractivity contribution in [2.75, 3.05) is 0 Å². The molecule has 2 nitrogen and oxygen atoms in total. The molecule has 0 amide bonds. The zero-order chi connectivity index (χ0) is 13.5.